The Morgan fingerprint density at radius 3 is 2.76 bits per heavy atom. The monoisotopic (exact) mass is 400 g/mol. The Hall–Kier alpha value is -2.22. The summed E-state index contributed by atoms with van der Waals surface area (Å²) in [5.74, 6) is 1.68. The Bertz CT molecular complexity index is 729. The van der Waals surface area contributed by atoms with Gasteiger partial charge in [-0.2, -0.15) is 0 Å². The van der Waals surface area contributed by atoms with Crippen molar-refractivity contribution >= 4 is 5.82 Å². The summed E-state index contributed by atoms with van der Waals surface area (Å²) >= 11 is 0. The molecule has 2 aromatic rings. The third-order valence-electron chi connectivity index (χ3n) is 5.07. The Morgan fingerprint density at radius 1 is 1.21 bits per heavy atom. The van der Waals surface area contributed by atoms with Crippen LogP contribution >= 0.6 is 0 Å². The van der Waals surface area contributed by atoms with Crippen LogP contribution in [0.1, 0.15) is 25.3 Å². The maximum absolute atomic E-state index is 11.2. The molecule has 0 radical (unpaired) electrons. The van der Waals surface area contributed by atoms with Gasteiger partial charge in [0, 0.05) is 45.2 Å². The number of likely N-dealkylation sites (N-methyl/N-ethyl adjacent to an activating group) is 1. The van der Waals surface area contributed by atoms with Crippen LogP contribution in [0.4, 0.5) is 5.82 Å². The molecule has 0 amide bonds. The van der Waals surface area contributed by atoms with E-state index >= 15 is 0 Å². The van der Waals surface area contributed by atoms with Gasteiger partial charge in [0.15, 0.2) is 0 Å². The Labute approximate surface area is 173 Å². The van der Waals surface area contributed by atoms with E-state index < -0.39 is 5.60 Å². The van der Waals surface area contributed by atoms with Crippen LogP contribution in [0.2, 0.25) is 0 Å². The van der Waals surface area contributed by atoms with E-state index in [0.717, 1.165) is 37.5 Å². The number of rotatable bonds is 10. The zero-order valence-electron chi connectivity index (χ0n) is 17.5. The van der Waals surface area contributed by atoms with Crippen molar-refractivity contribution in [3.05, 3.63) is 48.4 Å². The number of aliphatic hydroxyl groups is 1. The molecule has 1 saturated heterocycles. The van der Waals surface area contributed by atoms with Crippen LogP contribution in [0, 0.1) is 0 Å². The molecule has 1 aromatic carbocycles. The third-order valence-corrected chi connectivity index (χ3v) is 5.07. The van der Waals surface area contributed by atoms with Crippen molar-refractivity contribution < 1.29 is 14.6 Å². The lowest BCUT2D eigenvalue weighted by atomic mass is 9.92. The summed E-state index contributed by atoms with van der Waals surface area (Å²) in [5, 5.41) is 11.2. The highest BCUT2D eigenvalue weighted by molar-refractivity contribution is 5.36. The number of anilines is 1. The van der Waals surface area contributed by atoms with Gasteiger partial charge < -0.3 is 19.5 Å². The number of piperidine rings is 1. The molecule has 1 fully saturated rings. The molecule has 0 saturated carbocycles. The smallest absolute Gasteiger partial charge is 0.147 e. The second-order valence-electron chi connectivity index (χ2n) is 7.67. The molecule has 0 spiro atoms. The lowest BCUT2D eigenvalue weighted by molar-refractivity contribution is -0.00349. The molecule has 7 nitrogen and oxygen atoms in total. The molecule has 1 aliphatic rings. The number of hydrogen-bond donors (Lipinski definition) is 1. The van der Waals surface area contributed by atoms with Crippen LogP contribution in [-0.4, -0.2) is 72.1 Å². The third kappa shape index (κ3) is 6.66. The van der Waals surface area contributed by atoms with Crippen LogP contribution in [0.3, 0.4) is 0 Å². The maximum atomic E-state index is 11.2. The van der Waals surface area contributed by atoms with Crippen LogP contribution in [0.15, 0.2) is 42.9 Å². The SMILES string of the molecule is CCOCCOc1ccc(CN(C)C[C@@]2(O)CCCN(c3cnccn3)C2)cc1. The van der Waals surface area contributed by atoms with Crippen molar-refractivity contribution in [3.63, 3.8) is 0 Å². The van der Waals surface area contributed by atoms with Crippen LogP contribution < -0.4 is 9.64 Å². The standard InChI is InChI=1S/C22H32N4O3/c1-3-28-13-14-29-20-7-5-19(6-8-20)16-25(2)17-22(27)9-4-12-26(18-22)21-15-23-10-11-24-21/h5-8,10-11,15,27H,3-4,9,12-14,16-18H2,1-2H3/t22-/m0/s1. The fraction of sp³-hybridized carbons (Fsp3) is 0.545. The van der Waals surface area contributed by atoms with E-state index in [1.165, 1.54) is 5.56 Å². The van der Waals surface area contributed by atoms with E-state index in [1.807, 2.05) is 26.1 Å². The summed E-state index contributed by atoms with van der Waals surface area (Å²) in [4.78, 5) is 12.8. The van der Waals surface area contributed by atoms with E-state index in [0.29, 0.717) is 32.9 Å². The number of aromatic nitrogens is 2. The molecule has 158 valence electrons. The van der Waals surface area contributed by atoms with Crippen molar-refractivity contribution in [1.29, 1.82) is 0 Å². The van der Waals surface area contributed by atoms with Crippen LogP contribution in [-0.2, 0) is 11.3 Å². The van der Waals surface area contributed by atoms with E-state index in [4.69, 9.17) is 9.47 Å². The van der Waals surface area contributed by atoms with Gasteiger partial charge in [0.1, 0.15) is 18.2 Å². The normalized spacial score (nSPS) is 19.5. The van der Waals surface area contributed by atoms with Crippen LogP contribution in [0.25, 0.3) is 0 Å². The van der Waals surface area contributed by atoms with Gasteiger partial charge in [0.2, 0.25) is 0 Å². The summed E-state index contributed by atoms with van der Waals surface area (Å²) in [6.07, 6.45) is 6.85. The number of β-amino-alcohol motifs (C(OH)–C–C–N with tert-alkyl or cyclic N) is 1. The zero-order chi connectivity index (χ0) is 20.5. The van der Waals surface area contributed by atoms with Crippen molar-refractivity contribution in [3.8, 4) is 5.75 Å². The molecule has 0 unspecified atom stereocenters. The van der Waals surface area contributed by atoms with Gasteiger partial charge in [-0.15, -0.1) is 0 Å². The van der Waals surface area contributed by atoms with Gasteiger partial charge in [-0.05, 0) is 44.5 Å². The van der Waals surface area contributed by atoms with Crippen molar-refractivity contribution in [2.45, 2.75) is 31.9 Å². The molecule has 7 heteroatoms. The minimum Gasteiger partial charge on any atom is -0.491 e. The summed E-state index contributed by atoms with van der Waals surface area (Å²) < 4.78 is 10.9. The zero-order valence-corrected chi connectivity index (χ0v) is 17.5. The average molecular weight is 401 g/mol. The first-order valence-electron chi connectivity index (χ1n) is 10.3. The molecule has 2 heterocycles. The Morgan fingerprint density at radius 2 is 2.03 bits per heavy atom. The van der Waals surface area contributed by atoms with Gasteiger partial charge >= 0.3 is 0 Å². The number of benzene rings is 1. The number of ether oxygens (including phenoxy) is 2. The molecule has 1 aliphatic heterocycles. The highest BCUT2D eigenvalue weighted by Gasteiger charge is 2.34. The van der Waals surface area contributed by atoms with E-state index in [-0.39, 0.29) is 0 Å². The molecular weight excluding hydrogens is 368 g/mol. The number of nitrogens with zero attached hydrogens (tertiary/aromatic N) is 4. The molecule has 0 aliphatic carbocycles. The highest BCUT2D eigenvalue weighted by Crippen LogP contribution is 2.25. The highest BCUT2D eigenvalue weighted by atomic mass is 16.5. The Balaban J connectivity index is 1.49. The van der Waals surface area contributed by atoms with E-state index in [1.54, 1.807) is 18.6 Å². The van der Waals surface area contributed by atoms with Crippen molar-refractivity contribution in [2.24, 2.45) is 0 Å². The lowest BCUT2D eigenvalue weighted by Gasteiger charge is -2.41. The average Bonchev–Trinajstić information content (AvgIpc) is 2.72. The second-order valence-corrected chi connectivity index (χ2v) is 7.67. The lowest BCUT2D eigenvalue weighted by Crippen LogP contribution is -2.54. The van der Waals surface area contributed by atoms with Gasteiger partial charge in [-0.3, -0.25) is 9.88 Å². The van der Waals surface area contributed by atoms with Gasteiger partial charge in [-0.25, -0.2) is 4.98 Å². The minimum atomic E-state index is -0.757. The summed E-state index contributed by atoms with van der Waals surface area (Å²) in [7, 11) is 2.05. The van der Waals surface area contributed by atoms with Crippen LogP contribution in [0.5, 0.6) is 5.75 Å². The van der Waals surface area contributed by atoms with E-state index in [2.05, 4.69) is 31.9 Å². The van der Waals surface area contributed by atoms with E-state index in [9.17, 15) is 5.11 Å². The van der Waals surface area contributed by atoms with Crippen molar-refractivity contribution in [2.75, 3.05) is 51.4 Å². The molecule has 29 heavy (non-hydrogen) atoms. The molecular formula is C22H32N4O3. The molecule has 1 N–H and O–H groups in total. The summed E-state index contributed by atoms with van der Waals surface area (Å²) in [6, 6.07) is 8.12. The first-order valence-corrected chi connectivity index (χ1v) is 10.3. The molecule has 1 aromatic heterocycles. The first-order chi connectivity index (χ1) is 14.1. The molecule has 1 atom stereocenters. The topological polar surface area (TPSA) is 71.0 Å². The fourth-order valence-corrected chi connectivity index (χ4v) is 3.82. The van der Waals surface area contributed by atoms with Crippen molar-refractivity contribution in [1.82, 2.24) is 14.9 Å². The number of hydrogen-bond acceptors (Lipinski definition) is 7. The quantitative estimate of drug-likeness (QED) is 0.614. The predicted octanol–water partition coefficient (Wildman–Crippen LogP) is 2.36. The summed E-state index contributed by atoms with van der Waals surface area (Å²) in [5.41, 5.74) is 0.433. The van der Waals surface area contributed by atoms with Gasteiger partial charge in [-0.1, -0.05) is 12.1 Å². The summed E-state index contributed by atoms with van der Waals surface area (Å²) in [6.45, 7) is 6.69. The fourth-order valence-electron chi connectivity index (χ4n) is 3.82. The largest absolute Gasteiger partial charge is 0.491 e. The molecule has 0 bridgehead atoms. The van der Waals surface area contributed by atoms with Gasteiger partial charge in [0.25, 0.3) is 0 Å². The van der Waals surface area contributed by atoms with Gasteiger partial charge in [0.05, 0.1) is 18.4 Å². The second kappa shape index (κ2) is 10.5. The minimum absolute atomic E-state index is 0.558. The first kappa shape index (κ1) is 21.5. The predicted molar refractivity (Wildman–Crippen MR) is 113 cm³/mol. The molecule has 3 rings (SSSR count). The Kier molecular flexibility index (Phi) is 7.80. The maximum Gasteiger partial charge on any atom is 0.147 e.